The summed E-state index contributed by atoms with van der Waals surface area (Å²) in [6, 6.07) is 0. The van der Waals surface area contributed by atoms with Crippen LogP contribution in [0.25, 0.3) is 0 Å². The molecule has 0 saturated heterocycles. The van der Waals surface area contributed by atoms with E-state index in [1.807, 2.05) is 0 Å². The minimum Gasteiger partial charge on any atom is -0.381 e. The highest BCUT2D eigenvalue weighted by Crippen LogP contribution is 2.12. The van der Waals surface area contributed by atoms with Crippen LogP contribution in [0.1, 0.15) is 109 Å². The van der Waals surface area contributed by atoms with E-state index in [1.165, 1.54) is 96.3 Å². The molecule has 0 unspecified atom stereocenters. The standard InChI is InChI=1S/C21H42O/c1-3-5-7-9-10-11-12-13-14-15-17-19-21-22-20-18-16-8-6-4-2/h1-21H2. The van der Waals surface area contributed by atoms with Crippen LogP contribution in [0.3, 0.4) is 0 Å². The molecule has 0 rings (SSSR count). The maximum atomic E-state index is 5.69. The number of unbranched alkanes of at least 4 members (excludes halogenated alkanes) is 15. The Kier molecular flexibility index (Phi) is 20.9. The highest BCUT2D eigenvalue weighted by molar-refractivity contribution is 4.49. The van der Waals surface area contributed by atoms with Gasteiger partial charge >= 0.3 is 0 Å². The summed E-state index contributed by atoms with van der Waals surface area (Å²) < 4.78 is 5.69. The molecule has 0 aromatic rings. The van der Waals surface area contributed by atoms with Gasteiger partial charge in [-0.2, -0.15) is 0 Å². The third kappa shape index (κ3) is 20.0. The second-order valence-corrected chi connectivity index (χ2v) is 6.62. The fourth-order valence-electron chi connectivity index (χ4n) is 2.81. The Balaban J connectivity index is 2.91. The van der Waals surface area contributed by atoms with E-state index >= 15 is 0 Å². The van der Waals surface area contributed by atoms with E-state index in [2.05, 4.69) is 13.8 Å². The summed E-state index contributed by atoms with van der Waals surface area (Å²) in [6.07, 6.45) is 22.6. The van der Waals surface area contributed by atoms with E-state index in [0.29, 0.717) is 0 Å². The second kappa shape index (κ2) is 21.0. The summed E-state index contributed by atoms with van der Waals surface area (Å²) in [6.45, 7) is 9.69. The molecule has 132 valence electrons. The van der Waals surface area contributed by atoms with Gasteiger partial charge in [0.2, 0.25) is 0 Å². The summed E-state index contributed by atoms with van der Waals surface area (Å²) in [5.41, 5.74) is 0. The lowest BCUT2D eigenvalue weighted by atomic mass is 10.1. The largest absolute Gasteiger partial charge is 0.381 e. The SMILES string of the molecule is [CH2]CCCCCCCCCCCCCOCCCCCC[CH2]. The Bertz CT molecular complexity index is 159. The van der Waals surface area contributed by atoms with Gasteiger partial charge in [0, 0.05) is 13.2 Å². The molecule has 0 spiro atoms. The maximum Gasteiger partial charge on any atom is 0.0466 e. The van der Waals surface area contributed by atoms with Gasteiger partial charge in [0.1, 0.15) is 0 Å². The lowest BCUT2D eigenvalue weighted by Crippen LogP contribution is -1.97. The van der Waals surface area contributed by atoms with Gasteiger partial charge in [0.25, 0.3) is 0 Å². The molecule has 0 amide bonds. The predicted octanol–water partition coefficient (Wildman–Crippen LogP) is 7.30. The quantitative estimate of drug-likeness (QED) is 0.227. The molecule has 0 aliphatic carbocycles. The Morgan fingerprint density at radius 1 is 0.364 bits per heavy atom. The van der Waals surface area contributed by atoms with Crippen molar-refractivity contribution in [3.8, 4) is 0 Å². The van der Waals surface area contributed by atoms with Crippen LogP contribution in [-0.4, -0.2) is 13.2 Å². The minimum atomic E-state index is 0.964. The molecular formula is C21H42O. The first-order chi connectivity index (χ1) is 10.9. The number of ether oxygens (including phenoxy) is 1. The monoisotopic (exact) mass is 310 g/mol. The zero-order valence-corrected chi connectivity index (χ0v) is 15.3. The first-order valence-electron chi connectivity index (χ1n) is 10.1. The minimum absolute atomic E-state index is 0.964. The van der Waals surface area contributed by atoms with E-state index in [9.17, 15) is 0 Å². The lowest BCUT2D eigenvalue weighted by molar-refractivity contribution is 0.125. The Hall–Kier alpha value is -0.0400. The third-order valence-electron chi connectivity index (χ3n) is 4.33. The summed E-state index contributed by atoms with van der Waals surface area (Å²) in [5.74, 6) is 0. The summed E-state index contributed by atoms with van der Waals surface area (Å²) in [7, 11) is 0. The van der Waals surface area contributed by atoms with E-state index in [1.54, 1.807) is 0 Å². The average Bonchev–Trinajstić information content (AvgIpc) is 2.54. The molecule has 0 aliphatic rings. The molecular weight excluding hydrogens is 268 g/mol. The first kappa shape index (κ1) is 22.0. The second-order valence-electron chi connectivity index (χ2n) is 6.62. The zero-order chi connectivity index (χ0) is 16.1. The van der Waals surface area contributed by atoms with Gasteiger partial charge in [-0.05, 0) is 12.8 Å². The number of hydrogen-bond donors (Lipinski definition) is 0. The molecule has 0 aromatic carbocycles. The first-order valence-corrected chi connectivity index (χ1v) is 10.1. The molecule has 0 aliphatic heterocycles. The normalized spacial score (nSPS) is 11.2. The smallest absolute Gasteiger partial charge is 0.0466 e. The Morgan fingerprint density at radius 2 is 0.636 bits per heavy atom. The molecule has 0 heterocycles. The zero-order valence-electron chi connectivity index (χ0n) is 15.3. The molecule has 1 nitrogen and oxygen atoms in total. The molecule has 1 heteroatoms. The predicted molar refractivity (Wildman–Crippen MR) is 100 cm³/mol. The Morgan fingerprint density at radius 3 is 0.955 bits per heavy atom. The van der Waals surface area contributed by atoms with Crippen molar-refractivity contribution >= 4 is 0 Å². The molecule has 2 radical (unpaired) electrons. The van der Waals surface area contributed by atoms with E-state index in [4.69, 9.17) is 4.74 Å². The van der Waals surface area contributed by atoms with E-state index < -0.39 is 0 Å². The highest BCUT2D eigenvalue weighted by Gasteiger charge is 1.94. The number of rotatable bonds is 19. The van der Waals surface area contributed by atoms with Gasteiger partial charge in [-0.15, -0.1) is 0 Å². The van der Waals surface area contributed by atoms with E-state index in [-0.39, 0.29) is 0 Å². The van der Waals surface area contributed by atoms with Gasteiger partial charge in [-0.1, -0.05) is 110 Å². The molecule has 0 N–H and O–H groups in total. The lowest BCUT2D eigenvalue weighted by Gasteiger charge is -2.05. The highest BCUT2D eigenvalue weighted by atomic mass is 16.5. The third-order valence-corrected chi connectivity index (χ3v) is 4.33. The van der Waals surface area contributed by atoms with Crippen LogP contribution in [0.15, 0.2) is 0 Å². The van der Waals surface area contributed by atoms with Crippen LogP contribution < -0.4 is 0 Å². The van der Waals surface area contributed by atoms with Crippen LogP contribution in [0.4, 0.5) is 0 Å². The van der Waals surface area contributed by atoms with Gasteiger partial charge in [-0.25, -0.2) is 0 Å². The molecule has 22 heavy (non-hydrogen) atoms. The maximum absolute atomic E-state index is 5.69. The van der Waals surface area contributed by atoms with Crippen molar-refractivity contribution in [3.63, 3.8) is 0 Å². The molecule has 0 atom stereocenters. The van der Waals surface area contributed by atoms with Crippen molar-refractivity contribution in [2.45, 2.75) is 109 Å². The van der Waals surface area contributed by atoms with Crippen molar-refractivity contribution in [2.75, 3.05) is 13.2 Å². The van der Waals surface area contributed by atoms with Crippen LogP contribution in [0.5, 0.6) is 0 Å². The van der Waals surface area contributed by atoms with Gasteiger partial charge in [-0.3, -0.25) is 0 Å². The van der Waals surface area contributed by atoms with Crippen molar-refractivity contribution < 1.29 is 4.74 Å². The molecule has 0 bridgehead atoms. The fraction of sp³-hybridized carbons (Fsp3) is 0.905. The Labute approximate surface area is 141 Å². The van der Waals surface area contributed by atoms with Crippen molar-refractivity contribution in [1.82, 2.24) is 0 Å². The molecule has 0 fully saturated rings. The van der Waals surface area contributed by atoms with Crippen LogP contribution in [0.2, 0.25) is 0 Å². The van der Waals surface area contributed by atoms with Gasteiger partial charge < -0.3 is 4.74 Å². The molecule has 0 aromatic heterocycles. The van der Waals surface area contributed by atoms with E-state index in [0.717, 1.165) is 26.1 Å². The van der Waals surface area contributed by atoms with Crippen molar-refractivity contribution in [1.29, 1.82) is 0 Å². The average molecular weight is 311 g/mol. The number of hydrogen-bond acceptors (Lipinski definition) is 1. The van der Waals surface area contributed by atoms with Crippen LogP contribution >= 0.6 is 0 Å². The van der Waals surface area contributed by atoms with Crippen molar-refractivity contribution in [2.24, 2.45) is 0 Å². The summed E-state index contributed by atoms with van der Waals surface area (Å²) in [5, 5.41) is 0. The summed E-state index contributed by atoms with van der Waals surface area (Å²) >= 11 is 0. The summed E-state index contributed by atoms with van der Waals surface area (Å²) in [4.78, 5) is 0. The van der Waals surface area contributed by atoms with Gasteiger partial charge in [0.05, 0.1) is 0 Å². The van der Waals surface area contributed by atoms with Crippen molar-refractivity contribution in [3.05, 3.63) is 13.8 Å². The van der Waals surface area contributed by atoms with Crippen LogP contribution in [0, 0.1) is 13.8 Å². The topological polar surface area (TPSA) is 9.23 Å². The van der Waals surface area contributed by atoms with Crippen LogP contribution in [-0.2, 0) is 4.74 Å². The van der Waals surface area contributed by atoms with Gasteiger partial charge in [0.15, 0.2) is 0 Å². The molecule has 0 saturated carbocycles. The fourth-order valence-corrected chi connectivity index (χ4v) is 2.81.